The molecule has 0 amide bonds. The summed E-state index contributed by atoms with van der Waals surface area (Å²) < 4.78 is 44.9. The molecule has 0 aliphatic heterocycles. The number of rotatable bonds is 3. The first-order valence-electron chi connectivity index (χ1n) is 6.56. The van der Waals surface area contributed by atoms with Gasteiger partial charge in [0, 0.05) is 18.0 Å². The van der Waals surface area contributed by atoms with E-state index in [-0.39, 0.29) is 24.2 Å². The summed E-state index contributed by atoms with van der Waals surface area (Å²) in [4.78, 5) is 15.6. The Morgan fingerprint density at radius 3 is 2.76 bits per heavy atom. The molecular weight excluding hydrogens is 283 g/mol. The van der Waals surface area contributed by atoms with E-state index in [9.17, 15) is 18.0 Å². The molecule has 1 fully saturated rings. The van der Waals surface area contributed by atoms with Crippen LogP contribution >= 0.6 is 0 Å². The van der Waals surface area contributed by atoms with Crippen LogP contribution in [0, 0.1) is 5.82 Å². The van der Waals surface area contributed by atoms with Crippen molar-refractivity contribution in [3.8, 4) is 0 Å². The summed E-state index contributed by atoms with van der Waals surface area (Å²) in [7, 11) is 0. The van der Waals surface area contributed by atoms with Crippen molar-refractivity contribution in [3.05, 3.63) is 41.3 Å². The smallest absolute Gasteiger partial charge is 0.339 e. The van der Waals surface area contributed by atoms with Crippen LogP contribution in [0.1, 0.15) is 35.2 Å². The van der Waals surface area contributed by atoms with Gasteiger partial charge in [0.1, 0.15) is 5.82 Å². The number of esters is 1. The second-order valence-electron chi connectivity index (χ2n) is 5.03. The predicted octanol–water partition coefficient (Wildman–Crippen LogP) is 3.67. The van der Waals surface area contributed by atoms with Crippen LogP contribution in [-0.2, 0) is 4.74 Å². The lowest BCUT2D eigenvalue weighted by Crippen LogP contribution is -2.05. The van der Waals surface area contributed by atoms with Crippen LogP contribution in [0.15, 0.2) is 24.4 Å². The molecular formula is C15H12F3NO2. The van der Waals surface area contributed by atoms with Gasteiger partial charge in [-0.2, -0.15) is 0 Å². The number of halogens is 3. The van der Waals surface area contributed by atoms with Crippen LogP contribution in [0.25, 0.3) is 10.9 Å². The number of nitrogens with zero attached hydrogens (tertiary/aromatic N) is 1. The van der Waals surface area contributed by atoms with Crippen molar-refractivity contribution in [2.45, 2.75) is 25.2 Å². The molecule has 21 heavy (non-hydrogen) atoms. The Bertz CT molecular complexity index is 730. The Morgan fingerprint density at radius 1 is 1.43 bits per heavy atom. The fourth-order valence-corrected chi connectivity index (χ4v) is 2.31. The lowest BCUT2D eigenvalue weighted by molar-refractivity contribution is 0.0526. The van der Waals surface area contributed by atoms with E-state index in [1.165, 1.54) is 18.3 Å². The van der Waals surface area contributed by atoms with E-state index in [1.54, 1.807) is 6.92 Å². The highest BCUT2D eigenvalue weighted by Gasteiger charge is 2.58. The first-order chi connectivity index (χ1) is 9.92. The highest BCUT2D eigenvalue weighted by atomic mass is 19.3. The zero-order valence-corrected chi connectivity index (χ0v) is 11.2. The molecule has 1 aliphatic rings. The summed E-state index contributed by atoms with van der Waals surface area (Å²) in [5.74, 6) is -5.16. The van der Waals surface area contributed by atoms with Gasteiger partial charge in [0.25, 0.3) is 5.92 Å². The second kappa shape index (κ2) is 4.72. The van der Waals surface area contributed by atoms with E-state index >= 15 is 0 Å². The highest BCUT2D eigenvalue weighted by Crippen LogP contribution is 2.56. The Kier molecular flexibility index (Phi) is 3.11. The van der Waals surface area contributed by atoms with Crippen molar-refractivity contribution >= 4 is 16.9 Å². The van der Waals surface area contributed by atoms with Crippen molar-refractivity contribution in [2.75, 3.05) is 6.61 Å². The summed E-state index contributed by atoms with van der Waals surface area (Å²) >= 11 is 0. The maximum Gasteiger partial charge on any atom is 0.339 e. The number of fused-ring (bicyclic) bond motifs is 1. The summed E-state index contributed by atoms with van der Waals surface area (Å²) in [6.07, 6.45) is 0.962. The maximum atomic E-state index is 14.0. The maximum absolute atomic E-state index is 14.0. The van der Waals surface area contributed by atoms with Gasteiger partial charge in [0.05, 0.1) is 23.6 Å². The van der Waals surface area contributed by atoms with Gasteiger partial charge in [-0.1, -0.05) is 0 Å². The van der Waals surface area contributed by atoms with Crippen molar-refractivity contribution in [1.82, 2.24) is 4.98 Å². The van der Waals surface area contributed by atoms with Crippen LogP contribution in [0.3, 0.4) is 0 Å². The molecule has 1 saturated carbocycles. The number of alkyl halides is 2. The van der Waals surface area contributed by atoms with Crippen molar-refractivity contribution in [2.24, 2.45) is 0 Å². The Balaban J connectivity index is 2.01. The van der Waals surface area contributed by atoms with Gasteiger partial charge >= 0.3 is 5.97 Å². The molecule has 0 radical (unpaired) electrons. The Morgan fingerprint density at radius 2 is 2.14 bits per heavy atom. The van der Waals surface area contributed by atoms with Crippen molar-refractivity contribution in [1.29, 1.82) is 0 Å². The zero-order chi connectivity index (χ0) is 15.2. The van der Waals surface area contributed by atoms with E-state index in [4.69, 9.17) is 4.74 Å². The first kappa shape index (κ1) is 13.9. The molecule has 0 bridgehead atoms. The fraction of sp³-hybridized carbons (Fsp3) is 0.333. The summed E-state index contributed by atoms with van der Waals surface area (Å²) in [5.41, 5.74) is 0.555. The largest absolute Gasteiger partial charge is 0.462 e. The molecule has 1 aromatic carbocycles. The minimum absolute atomic E-state index is 0.0242. The minimum atomic E-state index is -2.83. The summed E-state index contributed by atoms with van der Waals surface area (Å²) in [6.45, 7) is 1.90. The quantitative estimate of drug-likeness (QED) is 0.811. The normalized spacial score (nSPS) is 19.5. The van der Waals surface area contributed by atoms with Gasteiger partial charge in [0.2, 0.25) is 0 Å². The van der Waals surface area contributed by atoms with E-state index in [2.05, 4.69) is 4.98 Å². The lowest BCUT2D eigenvalue weighted by atomic mass is 10.1. The number of benzene rings is 1. The van der Waals surface area contributed by atoms with Crippen LogP contribution in [0.5, 0.6) is 0 Å². The van der Waals surface area contributed by atoms with Gasteiger partial charge in [0.15, 0.2) is 0 Å². The number of hydrogen-bond acceptors (Lipinski definition) is 3. The third-order valence-corrected chi connectivity index (χ3v) is 3.51. The van der Waals surface area contributed by atoms with Crippen LogP contribution in [-0.4, -0.2) is 23.5 Å². The lowest BCUT2D eigenvalue weighted by Gasteiger charge is -2.06. The molecule has 3 rings (SSSR count). The van der Waals surface area contributed by atoms with Crippen molar-refractivity contribution < 1.29 is 22.7 Å². The molecule has 6 heteroatoms. The average Bonchev–Trinajstić information content (AvgIpc) is 3.06. The number of aromatic nitrogens is 1. The SMILES string of the molecule is CCOC(=O)c1cnc2cc(C3CC3(F)F)c(F)cc2c1. The summed E-state index contributed by atoms with van der Waals surface area (Å²) in [6, 6.07) is 3.90. The molecule has 2 aromatic rings. The monoisotopic (exact) mass is 295 g/mol. The first-order valence-corrected chi connectivity index (χ1v) is 6.56. The van der Waals surface area contributed by atoms with Crippen LogP contribution in [0.2, 0.25) is 0 Å². The van der Waals surface area contributed by atoms with Crippen LogP contribution in [0.4, 0.5) is 13.2 Å². The van der Waals surface area contributed by atoms with E-state index in [0.29, 0.717) is 10.9 Å². The number of ether oxygens (including phenoxy) is 1. The van der Waals surface area contributed by atoms with Gasteiger partial charge in [-0.3, -0.25) is 4.98 Å². The zero-order valence-electron chi connectivity index (χ0n) is 11.2. The van der Waals surface area contributed by atoms with Crippen LogP contribution < -0.4 is 0 Å². The molecule has 3 nitrogen and oxygen atoms in total. The Hall–Kier alpha value is -2.11. The van der Waals surface area contributed by atoms with Gasteiger partial charge in [-0.05, 0) is 30.7 Å². The van der Waals surface area contributed by atoms with Crippen molar-refractivity contribution in [3.63, 3.8) is 0 Å². The summed E-state index contributed by atoms with van der Waals surface area (Å²) in [5, 5.41) is 0.380. The minimum Gasteiger partial charge on any atom is -0.462 e. The Labute approximate surface area is 118 Å². The topological polar surface area (TPSA) is 39.2 Å². The molecule has 110 valence electrons. The number of carbonyl (C=O) groups excluding carboxylic acids is 1. The third kappa shape index (κ3) is 2.46. The molecule has 0 saturated heterocycles. The standard InChI is InChI=1S/C15H12F3NO2/c1-2-21-14(20)9-3-8-4-12(16)10(5-13(8)19-7-9)11-6-15(11,17)18/h3-5,7,11H,2,6H2,1H3. The molecule has 1 aliphatic carbocycles. The molecule has 0 N–H and O–H groups in total. The molecule has 1 atom stereocenters. The van der Waals surface area contributed by atoms with E-state index in [1.807, 2.05) is 0 Å². The van der Waals surface area contributed by atoms with E-state index < -0.39 is 23.6 Å². The number of pyridine rings is 1. The third-order valence-electron chi connectivity index (χ3n) is 3.51. The number of hydrogen-bond donors (Lipinski definition) is 0. The van der Waals surface area contributed by atoms with Gasteiger partial charge in [-0.15, -0.1) is 0 Å². The molecule has 1 heterocycles. The fourth-order valence-electron chi connectivity index (χ4n) is 2.31. The molecule has 1 aromatic heterocycles. The molecule has 1 unspecified atom stereocenters. The van der Waals surface area contributed by atoms with Gasteiger partial charge in [-0.25, -0.2) is 18.0 Å². The second-order valence-corrected chi connectivity index (χ2v) is 5.03. The number of carbonyl (C=O) groups is 1. The predicted molar refractivity (Wildman–Crippen MR) is 70.0 cm³/mol. The van der Waals surface area contributed by atoms with Gasteiger partial charge < -0.3 is 4.74 Å². The average molecular weight is 295 g/mol. The highest BCUT2D eigenvalue weighted by molar-refractivity contribution is 5.93. The van der Waals surface area contributed by atoms with E-state index in [0.717, 1.165) is 6.07 Å². The molecule has 0 spiro atoms.